The minimum Gasteiger partial charge on any atom is -0.349 e. The number of carbonyl (C=O) groups is 1. The molecule has 0 aliphatic rings. The Hall–Kier alpha value is -2.22. The quantitative estimate of drug-likeness (QED) is 0.731. The Balaban J connectivity index is 1.89. The van der Waals surface area contributed by atoms with Crippen LogP contribution in [0.25, 0.3) is 0 Å². The molecule has 136 valence electrons. The van der Waals surface area contributed by atoms with E-state index in [0.29, 0.717) is 12.2 Å². The lowest BCUT2D eigenvalue weighted by atomic mass is 10.1. The number of unbranched alkanes of at least 4 members (excludes halogenated alkanes) is 1. The Morgan fingerprint density at radius 2 is 2.00 bits per heavy atom. The third-order valence-electron chi connectivity index (χ3n) is 3.64. The fourth-order valence-electron chi connectivity index (χ4n) is 2.33. The van der Waals surface area contributed by atoms with Crippen LogP contribution in [0.2, 0.25) is 0 Å². The van der Waals surface area contributed by atoms with E-state index in [4.69, 9.17) is 4.52 Å². The normalized spacial score (nSPS) is 12.7. The van der Waals surface area contributed by atoms with Gasteiger partial charge in [0, 0.05) is 6.42 Å². The van der Waals surface area contributed by atoms with Crippen molar-refractivity contribution in [2.75, 3.05) is 5.75 Å². The molecule has 0 saturated heterocycles. The molecule has 0 saturated carbocycles. The summed E-state index contributed by atoms with van der Waals surface area (Å²) in [7, 11) is -3.68. The third kappa shape index (κ3) is 6.30. The van der Waals surface area contributed by atoms with Crippen LogP contribution in [0, 0.1) is 0 Å². The van der Waals surface area contributed by atoms with E-state index in [1.807, 2.05) is 37.3 Å². The molecular formula is C17H23N3O4S. The summed E-state index contributed by atoms with van der Waals surface area (Å²) in [5.41, 5.74) is 0.908. The zero-order valence-corrected chi connectivity index (χ0v) is 15.3. The summed E-state index contributed by atoms with van der Waals surface area (Å²) in [6.45, 7) is 3.85. The van der Waals surface area contributed by atoms with E-state index in [2.05, 4.69) is 15.5 Å². The summed E-state index contributed by atoms with van der Waals surface area (Å²) < 4.78 is 29.3. The average molecular weight is 365 g/mol. The summed E-state index contributed by atoms with van der Waals surface area (Å²) in [5, 5.41) is 6.44. The van der Waals surface area contributed by atoms with Gasteiger partial charge in [-0.25, -0.2) is 8.42 Å². The molecule has 0 fully saturated rings. The van der Waals surface area contributed by atoms with E-state index in [0.717, 1.165) is 18.4 Å². The first-order chi connectivity index (χ1) is 11.9. The molecule has 25 heavy (non-hydrogen) atoms. The van der Waals surface area contributed by atoms with E-state index >= 15 is 0 Å². The molecule has 1 heterocycles. The first-order valence-electron chi connectivity index (χ1n) is 8.26. The SMILES string of the molecule is CCCCc1noc(CS(=O)(=O)CC(=O)NC(C)c2ccccc2)n1. The predicted molar refractivity (Wildman–Crippen MR) is 93.4 cm³/mol. The smallest absolute Gasteiger partial charge is 0.241 e. The highest BCUT2D eigenvalue weighted by atomic mass is 32.2. The zero-order chi connectivity index (χ0) is 18.3. The Kier molecular flexibility index (Phi) is 6.69. The van der Waals surface area contributed by atoms with Gasteiger partial charge in [-0.15, -0.1) is 0 Å². The molecule has 2 aromatic rings. The number of benzene rings is 1. The van der Waals surface area contributed by atoms with Crippen LogP contribution >= 0.6 is 0 Å². The van der Waals surface area contributed by atoms with Crippen LogP contribution in [0.4, 0.5) is 0 Å². The first-order valence-corrected chi connectivity index (χ1v) is 10.1. The Bertz CT molecular complexity index is 787. The lowest BCUT2D eigenvalue weighted by Gasteiger charge is -2.14. The number of nitrogens with one attached hydrogen (secondary N) is 1. The molecule has 1 amide bonds. The summed E-state index contributed by atoms with van der Waals surface area (Å²) in [5.74, 6) is -1.08. The zero-order valence-electron chi connectivity index (χ0n) is 14.4. The number of hydrogen-bond donors (Lipinski definition) is 1. The molecule has 1 aromatic carbocycles. The molecule has 0 radical (unpaired) electrons. The van der Waals surface area contributed by atoms with Crippen LogP contribution in [0.1, 0.15) is 50.0 Å². The Morgan fingerprint density at radius 1 is 1.28 bits per heavy atom. The van der Waals surface area contributed by atoms with Crippen LogP contribution in [0.5, 0.6) is 0 Å². The van der Waals surface area contributed by atoms with Crippen molar-refractivity contribution in [2.24, 2.45) is 0 Å². The molecule has 0 aliphatic heterocycles. The van der Waals surface area contributed by atoms with Gasteiger partial charge in [0.1, 0.15) is 11.5 Å². The monoisotopic (exact) mass is 365 g/mol. The second-order valence-corrected chi connectivity index (χ2v) is 8.00. The summed E-state index contributed by atoms with van der Waals surface area (Å²) in [6.07, 6.45) is 2.54. The van der Waals surface area contributed by atoms with Gasteiger partial charge in [-0.1, -0.05) is 48.8 Å². The second-order valence-electron chi connectivity index (χ2n) is 5.94. The fraction of sp³-hybridized carbons (Fsp3) is 0.471. The van der Waals surface area contributed by atoms with Crippen molar-refractivity contribution in [1.29, 1.82) is 0 Å². The number of hydrogen-bond acceptors (Lipinski definition) is 6. The van der Waals surface area contributed by atoms with E-state index in [1.54, 1.807) is 6.92 Å². The van der Waals surface area contributed by atoms with E-state index < -0.39 is 27.3 Å². The number of aryl methyl sites for hydroxylation is 1. The van der Waals surface area contributed by atoms with Gasteiger partial charge in [-0.05, 0) is 18.9 Å². The van der Waals surface area contributed by atoms with Gasteiger partial charge in [-0.3, -0.25) is 4.79 Å². The molecule has 0 spiro atoms. The molecule has 1 atom stereocenters. The fourth-order valence-corrected chi connectivity index (χ4v) is 3.41. The van der Waals surface area contributed by atoms with E-state index in [1.165, 1.54) is 0 Å². The highest BCUT2D eigenvalue weighted by Gasteiger charge is 2.22. The van der Waals surface area contributed by atoms with Crippen molar-refractivity contribution < 1.29 is 17.7 Å². The minimum atomic E-state index is -3.68. The van der Waals surface area contributed by atoms with Crippen LogP contribution in [0.3, 0.4) is 0 Å². The number of sulfone groups is 1. The maximum absolute atomic E-state index is 12.2. The Morgan fingerprint density at radius 3 is 2.68 bits per heavy atom. The van der Waals surface area contributed by atoms with Crippen LogP contribution in [0.15, 0.2) is 34.9 Å². The third-order valence-corrected chi connectivity index (χ3v) is 5.02. The Labute approximate surface area is 147 Å². The molecular weight excluding hydrogens is 342 g/mol. The lowest BCUT2D eigenvalue weighted by Crippen LogP contribution is -2.32. The molecule has 0 aliphatic carbocycles. The van der Waals surface area contributed by atoms with Crippen molar-refractivity contribution in [2.45, 2.75) is 44.9 Å². The van der Waals surface area contributed by atoms with Crippen molar-refractivity contribution >= 4 is 15.7 Å². The van der Waals surface area contributed by atoms with Gasteiger partial charge in [0.05, 0.1) is 6.04 Å². The molecule has 1 aromatic heterocycles. The van der Waals surface area contributed by atoms with E-state index in [9.17, 15) is 13.2 Å². The van der Waals surface area contributed by atoms with E-state index in [-0.39, 0.29) is 11.9 Å². The largest absolute Gasteiger partial charge is 0.349 e. The summed E-state index contributed by atoms with van der Waals surface area (Å²) in [6, 6.07) is 9.07. The topological polar surface area (TPSA) is 102 Å². The number of rotatable bonds is 9. The van der Waals surface area contributed by atoms with Crippen LogP contribution in [-0.2, 0) is 26.8 Å². The summed E-state index contributed by atoms with van der Waals surface area (Å²) in [4.78, 5) is 16.1. The van der Waals surface area contributed by atoms with Gasteiger partial charge in [0.2, 0.25) is 11.8 Å². The number of aromatic nitrogens is 2. The maximum Gasteiger partial charge on any atom is 0.241 e. The van der Waals surface area contributed by atoms with Crippen molar-refractivity contribution in [3.8, 4) is 0 Å². The van der Waals surface area contributed by atoms with Gasteiger partial charge >= 0.3 is 0 Å². The number of carbonyl (C=O) groups excluding carboxylic acids is 1. The molecule has 2 rings (SSSR count). The number of nitrogens with zero attached hydrogens (tertiary/aromatic N) is 2. The van der Waals surface area contributed by atoms with Gasteiger partial charge < -0.3 is 9.84 Å². The maximum atomic E-state index is 12.2. The standard InChI is InChI=1S/C17H23N3O4S/c1-3-4-10-15-19-17(24-20-15)12-25(22,23)11-16(21)18-13(2)14-8-6-5-7-9-14/h5-9,13H,3-4,10-12H2,1-2H3,(H,18,21). The van der Waals surface area contributed by atoms with Crippen molar-refractivity contribution in [3.63, 3.8) is 0 Å². The minimum absolute atomic E-state index is 0.0232. The molecule has 8 heteroatoms. The molecule has 1 unspecified atom stereocenters. The van der Waals surface area contributed by atoms with Gasteiger partial charge in [0.15, 0.2) is 15.7 Å². The first kappa shape index (κ1) is 19.1. The van der Waals surface area contributed by atoms with Gasteiger partial charge in [0.25, 0.3) is 0 Å². The molecule has 0 bridgehead atoms. The summed E-state index contributed by atoms with van der Waals surface area (Å²) >= 11 is 0. The molecule has 7 nitrogen and oxygen atoms in total. The second kappa shape index (κ2) is 8.75. The lowest BCUT2D eigenvalue weighted by molar-refractivity contribution is -0.119. The van der Waals surface area contributed by atoms with Crippen LogP contribution < -0.4 is 5.32 Å². The average Bonchev–Trinajstić information content (AvgIpc) is 2.99. The molecule has 1 N–H and O–H groups in total. The highest BCUT2D eigenvalue weighted by Crippen LogP contribution is 2.12. The van der Waals surface area contributed by atoms with Crippen LogP contribution in [-0.4, -0.2) is 30.2 Å². The van der Waals surface area contributed by atoms with Crippen molar-refractivity contribution in [1.82, 2.24) is 15.5 Å². The van der Waals surface area contributed by atoms with Crippen molar-refractivity contribution in [3.05, 3.63) is 47.6 Å². The highest BCUT2D eigenvalue weighted by molar-refractivity contribution is 7.91. The predicted octanol–water partition coefficient (Wildman–Crippen LogP) is 2.20. The number of amides is 1. The van der Waals surface area contributed by atoms with Gasteiger partial charge in [-0.2, -0.15) is 4.98 Å².